The average molecular weight is 365 g/mol. The van der Waals surface area contributed by atoms with Gasteiger partial charge >= 0.3 is 0 Å². The molecule has 1 saturated heterocycles. The summed E-state index contributed by atoms with van der Waals surface area (Å²) in [5, 5.41) is 0.690. The lowest BCUT2D eigenvalue weighted by Crippen LogP contribution is -2.49. The zero-order valence-corrected chi connectivity index (χ0v) is 14.7. The highest BCUT2D eigenvalue weighted by molar-refractivity contribution is 8.00. The van der Waals surface area contributed by atoms with Crippen LogP contribution in [0.5, 0.6) is 0 Å². The van der Waals surface area contributed by atoms with Crippen molar-refractivity contribution in [3.63, 3.8) is 0 Å². The van der Waals surface area contributed by atoms with E-state index in [0.717, 1.165) is 4.90 Å². The monoisotopic (exact) mass is 364 g/mol. The van der Waals surface area contributed by atoms with Crippen molar-refractivity contribution in [2.75, 3.05) is 36.8 Å². The summed E-state index contributed by atoms with van der Waals surface area (Å²) in [7, 11) is 0. The van der Waals surface area contributed by atoms with Crippen molar-refractivity contribution in [1.82, 2.24) is 4.90 Å². The molecule has 2 aromatic rings. The Kier molecular flexibility index (Phi) is 5.63. The summed E-state index contributed by atoms with van der Waals surface area (Å²) in [6.07, 6.45) is 0. The fourth-order valence-electron chi connectivity index (χ4n) is 2.67. The molecule has 1 heterocycles. The van der Waals surface area contributed by atoms with Crippen LogP contribution in [0.2, 0.25) is 5.02 Å². The molecule has 0 bridgehead atoms. The normalized spacial score (nSPS) is 14.8. The summed E-state index contributed by atoms with van der Waals surface area (Å²) in [6, 6.07) is 14.2. The number of benzene rings is 2. The molecule has 1 aliphatic heterocycles. The third kappa shape index (κ3) is 4.22. The van der Waals surface area contributed by atoms with Crippen LogP contribution in [0.1, 0.15) is 0 Å². The van der Waals surface area contributed by atoms with Gasteiger partial charge in [0.1, 0.15) is 5.82 Å². The van der Waals surface area contributed by atoms with Crippen LogP contribution in [-0.2, 0) is 4.79 Å². The predicted molar refractivity (Wildman–Crippen MR) is 97.4 cm³/mol. The molecule has 24 heavy (non-hydrogen) atoms. The van der Waals surface area contributed by atoms with Gasteiger partial charge in [-0.25, -0.2) is 4.39 Å². The summed E-state index contributed by atoms with van der Waals surface area (Å²) >= 11 is 7.36. The van der Waals surface area contributed by atoms with Crippen molar-refractivity contribution in [3.8, 4) is 0 Å². The Morgan fingerprint density at radius 1 is 1.04 bits per heavy atom. The fraction of sp³-hybridized carbons (Fsp3) is 0.278. The molecular weight excluding hydrogens is 347 g/mol. The van der Waals surface area contributed by atoms with Crippen LogP contribution in [0.25, 0.3) is 0 Å². The van der Waals surface area contributed by atoms with Gasteiger partial charge in [-0.1, -0.05) is 23.7 Å². The number of piperazine rings is 1. The number of hydrogen-bond acceptors (Lipinski definition) is 3. The number of carbonyl (C=O) groups excluding carboxylic acids is 1. The van der Waals surface area contributed by atoms with Gasteiger partial charge in [-0.3, -0.25) is 4.79 Å². The van der Waals surface area contributed by atoms with E-state index in [4.69, 9.17) is 11.6 Å². The van der Waals surface area contributed by atoms with E-state index in [1.807, 2.05) is 40.1 Å². The van der Waals surface area contributed by atoms with E-state index in [9.17, 15) is 9.18 Å². The van der Waals surface area contributed by atoms with Crippen LogP contribution in [0.15, 0.2) is 53.4 Å². The Morgan fingerprint density at radius 2 is 1.71 bits per heavy atom. The smallest absolute Gasteiger partial charge is 0.233 e. The van der Waals surface area contributed by atoms with E-state index in [2.05, 4.69) is 0 Å². The van der Waals surface area contributed by atoms with Crippen molar-refractivity contribution < 1.29 is 9.18 Å². The minimum Gasteiger partial charge on any atom is -0.366 e. The van der Waals surface area contributed by atoms with Crippen LogP contribution >= 0.6 is 23.4 Å². The zero-order chi connectivity index (χ0) is 16.9. The van der Waals surface area contributed by atoms with Crippen LogP contribution < -0.4 is 4.90 Å². The van der Waals surface area contributed by atoms with Crippen molar-refractivity contribution in [1.29, 1.82) is 0 Å². The molecule has 0 aromatic heterocycles. The van der Waals surface area contributed by atoms with E-state index in [0.29, 0.717) is 42.6 Å². The van der Waals surface area contributed by atoms with E-state index in [-0.39, 0.29) is 11.7 Å². The largest absolute Gasteiger partial charge is 0.366 e. The SMILES string of the molecule is O=C(CSc1ccc(Cl)cc1)N1CCN(c2ccccc2F)CC1. The van der Waals surface area contributed by atoms with Crippen LogP contribution in [0.4, 0.5) is 10.1 Å². The first-order chi connectivity index (χ1) is 11.6. The number of thioether (sulfide) groups is 1. The Hall–Kier alpha value is -1.72. The molecule has 1 amide bonds. The average Bonchev–Trinajstić information content (AvgIpc) is 2.61. The molecule has 2 aromatic carbocycles. The molecule has 6 heteroatoms. The molecule has 0 N–H and O–H groups in total. The van der Waals surface area contributed by atoms with Crippen molar-refractivity contribution in [2.45, 2.75) is 4.90 Å². The highest BCUT2D eigenvalue weighted by Crippen LogP contribution is 2.22. The first kappa shape index (κ1) is 17.1. The Morgan fingerprint density at radius 3 is 2.38 bits per heavy atom. The molecule has 1 fully saturated rings. The molecule has 0 spiro atoms. The predicted octanol–water partition coefficient (Wildman–Crippen LogP) is 3.92. The van der Waals surface area contributed by atoms with Gasteiger partial charge in [-0.05, 0) is 36.4 Å². The van der Waals surface area contributed by atoms with Gasteiger partial charge in [0.2, 0.25) is 5.91 Å². The topological polar surface area (TPSA) is 23.6 Å². The summed E-state index contributed by atoms with van der Waals surface area (Å²) in [6.45, 7) is 2.54. The lowest BCUT2D eigenvalue weighted by molar-refractivity contribution is -0.128. The van der Waals surface area contributed by atoms with E-state index >= 15 is 0 Å². The molecule has 126 valence electrons. The minimum atomic E-state index is -0.212. The molecule has 0 aliphatic carbocycles. The van der Waals surface area contributed by atoms with Gasteiger partial charge in [-0.15, -0.1) is 11.8 Å². The molecule has 1 aliphatic rings. The molecule has 0 atom stereocenters. The number of amides is 1. The number of hydrogen-bond donors (Lipinski definition) is 0. The first-order valence-corrected chi connectivity index (χ1v) is 9.15. The van der Waals surface area contributed by atoms with Gasteiger partial charge in [-0.2, -0.15) is 0 Å². The molecule has 0 radical (unpaired) electrons. The molecule has 0 saturated carbocycles. The first-order valence-electron chi connectivity index (χ1n) is 7.79. The van der Waals surface area contributed by atoms with E-state index in [1.54, 1.807) is 12.1 Å². The highest BCUT2D eigenvalue weighted by atomic mass is 35.5. The number of halogens is 2. The summed E-state index contributed by atoms with van der Waals surface area (Å²) in [5.74, 6) is 0.306. The zero-order valence-electron chi connectivity index (χ0n) is 13.1. The second kappa shape index (κ2) is 7.90. The summed E-state index contributed by atoms with van der Waals surface area (Å²) in [5.41, 5.74) is 0.611. The summed E-state index contributed by atoms with van der Waals surface area (Å²) in [4.78, 5) is 17.2. The number of carbonyl (C=O) groups is 1. The standard InChI is InChI=1S/C18H18ClFN2OS/c19-14-5-7-15(8-6-14)24-13-18(23)22-11-9-21(10-12-22)17-4-2-1-3-16(17)20/h1-8H,9-13H2. The quantitative estimate of drug-likeness (QED) is 0.768. The number of rotatable bonds is 4. The maximum absolute atomic E-state index is 13.8. The molecular formula is C18H18ClFN2OS. The number of nitrogens with zero attached hydrogens (tertiary/aromatic N) is 2. The van der Waals surface area contributed by atoms with E-state index in [1.165, 1.54) is 17.8 Å². The second-order valence-corrected chi connectivity index (χ2v) is 7.05. The fourth-order valence-corrected chi connectivity index (χ4v) is 3.60. The lowest BCUT2D eigenvalue weighted by atomic mass is 10.2. The molecule has 3 rings (SSSR count). The third-order valence-electron chi connectivity index (χ3n) is 4.00. The number of anilines is 1. The van der Waals surface area contributed by atoms with Gasteiger partial charge in [0.15, 0.2) is 0 Å². The third-order valence-corrected chi connectivity index (χ3v) is 5.25. The van der Waals surface area contributed by atoms with Gasteiger partial charge in [0.05, 0.1) is 11.4 Å². The van der Waals surface area contributed by atoms with Crippen molar-refractivity contribution in [3.05, 3.63) is 59.4 Å². The van der Waals surface area contributed by atoms with Crippen molar-refractivity contribution in [2.24, 2.45) is 0 Å². The van der Waals surface area contributed by atoms with Crippen LogP contribution in [0.3, 0.4) is 0 Å². The van der Waals surface area contributed by atoms with Crippen molar-refractivity contribution >= 4 is 35.0 Å². The number of para-hydroxylation sites is 1. The molecule has 3 nitrogen and oxygen atoms in total. The highest BCUT2D eigenvalue weighted by Gasteiger charge is 2.22. The van der Waals surface area contributed by atoms with Gasteiger partial charge in [0.25, 0.3) is 0 Å². The van der Waals surface area contributed by atoms with Crippen LogP contribution in [0, 0.1) is 5.82 Å². The minimum absolute atomic E-state index is 0.114. The van der Waals surface area contributed by atoms with Gasteiger partial charge < -0.3 is 9.80 Å². The molecule has 0 unspecified atom stereocenters. The Labute approximate surface area is 150 Å². The Bertz CT molecular complexity index is 702. The second-order valence-electron chi connectivity index (χ2n) is 5.56. The Balaban J connectivity index is 1.50. The lowest BCUT2D eigenvalue weighted by Gasteiger charge is -2.36. The summed E-state index contributed by atoms with van der Waals surface area (Å²) < 4.78 is 13.8. The van der Waals surface area contributed by atoms with E-state index < -0.39 is 0 Å². The maximum atomic E-state index is 13.8. The maximum Gasteiger partial charge on any atom is 0.233 e. The van der Waals surface area contributed by atoms with Crippen LogP contribution in [-0.4, -0.2) is 42.7 Å². The van der Waals surface area contributed by atoms with Gasteiger partial charge in [0, 0.05) is 36.1 Å².